The third-order valence-electron chi connectivity index (χ3n) is 2.46. The molecule has 88 valence electrons. The average Bonchev–Trinajstić information content (AvgIpc) is 2.39. The van der Waals surface area contributed by atoms with E-state index in [1.807, 2.05) is 11.9 Å². The molecule has 1 aromatic carbocycles. The summed E-state index contributed by atoms with van der Waals surface area (Å²) in [5, 5.41) is 0. The van der Waals surface area contributed by atoms with Crippen LogP contribution in [0.2, 0.25) is 0 Å². The smallest absolute Gasteiger partial charge is 0.151 e. The number of aromatic nitrogens is 2. The van der Waals surface area contributed by atoms with Gasteiger partial charge in [-0.15, -0.1) is 0 Å². The fraction of sp³-hybridized carbons (Fsp3) is 0.167. The molecular weight excluding hydrogens is 219 g/mol. The molecule has 1 aromatic heterocycles. The van der Waals surface area contributed by atoms with Gasteiger partial charge in [0.15, 0.2) is 5.82 Å². The van der Waals surface area contributed by atoms with E-state index in [2.05, 4.69) is 9.97 Å². The summed E-state index contributed by atoms with van der Waals surface area (Å²) < 4.78 is 12.8. The van der Waals surface area contributed by atoms with E-state index in [0.717, 1.165) is 11.4 Å². The second kappa shape index (κ2) is 4.88. The fourth-order valence-corrected chi connectivity index (χ4v) is 1.42. The van der Waals surface area contributed by atoms with Crippen molar-refractivity contribution >= 4 is 11.5 Å². The van der Waals surface area contributed by atoms with E-state index in [9.17, 15) is 4.39 Å². The van der Waals surface area contributed by atoms with Crippen LogP contribution in [0.25, 0.3) is 0 Å². The zero-order valence-electron chi connectivity index (χ0n) is 9.47. The number of nitrogens with two attached hydrogens (primary N) is 1. The van der Waals surface area contributed by atoms with Crippen molar-refractivity contribution in [2.24, 2.45) is 5.73 Å². The summed E-state index contributed by atoms with van der Waals surface area (Å²) in [5.74, 6) is 0.431. The van der Waals surface area contributed by atoms with Gasteiger partial charge in [-0.2, -0.15) is 0 Å². The van der Waals surface area contributed by atoms with E-state index in [-0.39, 0.29) is 5.82 Å². The van der Waals surface area contributed by atoms with Crippen LogP contribution in [-0.4, -0.2) is 17.0 Å². The number of benzene rings is 1. The minimum absolute atomic E-state index is 0.258. The Bertz CT molecular complexity index is 481. The van der Waals surface area contributed by atoms with Crippen molar-refractivity contribution in [2.75, 3.05) is 11.9 Å². The molecule has 0 saturated heterocycles. The van der Waals surface area contributed by atoms with E-state index >= 15 is 0 Å². The lowest BCUT2D eigenvalue weighted by Crippen LogP contribution is -2.12. The second-order valence-electron chi connectivity index (χ2n) is 3.61. The van der Waals surface area contributed by atoms with Gasteiger partial charge in [0.05, 0.1) is 18.1 Å². The summed E-state index contributed by atoms with van der Waals surface area (Å²) in [5.41, 5.74) is 7.03. The number of anilines is 2. The fourth-order valence-electron chi connectivity index (χ4n) is 1.42. The highest BCUT2D eigenvalue weighted by Crippen LogP contribution is 2.20. The van der Waals surface area contributed by atoms with Crippen LogP contribution >= 0.6 is 0 Å². The number of hydrogen-bond acceptors (Lipinski definition) is 4. The zero-order valence-corrected chi connectivity index (χ0v) is 9.47. The van der Waals surface area contributed by atoms with Crippen LogP contribution in [0.15, 0.2) is 36.7 Å². The molecule has 0 unspecified atom stereocenters. The summed E-state index contributed by atoms with van der Waals surface area (Å²) in [7, 11) is 1.85. The van der Waals surface area contributed by atoms with Crippen LogP contribution < -0.4 is 10.6 Å². The molecule has 0 aliphatic rings. The monoisotopic (exact) mass is 232 g/mol. The number of halogens is 1. The Morgan fingerprint density at radius 2 is 1.88 bits per heavy atom. The van der Waals surface area contributed by atoms with Crippen molar-refractivity contribution in [3.63, 3.8) is 0 Å². The molecule has 0 fully saturated rings. The summed E-state index contributed by atoms with van der Waals surface area (Å²) >= 11 is 0. The summed E-state index contributed by atoms with van der Waals surface area (Å²) in [6.07, 6.45) is 3.28. The van der Waals surface area contributed by atoms with Gasteiger partial charge in [-0.05, 0) is 24.3 Å². The lowest BCUT2D eigenvalue weighted by atomic mass is 10.3. The van der Waals surface area contributed by atoms with Gasteiger partial charge < -0.3 is 10.6 Å². The normalized spacial score (nSPS) is 10.3. The molecule has 17 heavy (non-hydrogen) atoms. The first-order valence-electron chi connectivity index (χ1n) is 5.21. The minimum Gasteiger partial charge on any atom is -0.328 e. The van der Waals surface area contributed by atoms with Gasteiger partial charge in [-0.25, -0.2) is 9.37 Å². The largest absolute Gasteiger partial charge is 0.328 e. The first kappa shape index (κ1) is 11.5. The Morgan fingerprint density at radius 1 is 1.18 bits per heavy atom. The highest BCUT2D eigenvalue weighted by Gasteiger charge is 2.05. The van der Waals surface area contributed by atoms with Crippen LogP contribution in [-0.2, 0) is 6.54 Å². The van der Waals surface area contributed by atoms with Gasteiger partial charge in [-0.3, -0.25) is 4.98 Å². The van der Waals surface area contributed by atoms with E-state index in [0.29, 0.717) is 12.4 Å². The number of nitrogens with zero attached hydrogens (tertiary/aromatic N) is 3. The molecule has 0 atom stereocenters. The Kier molecular flexibility index (Phi) is 3.30. The van der Waals surface area contributed by atoms with Crippen LogP contribution in [0.1, 0.15) is 5.69 Å². The quantitative estimate of drug-likeness (QED) is 0.877. The molecule has 0 saturated carbocycles. The minimum atomic E-state index is -0.258. The molecule has 2 aromatic rings. The van der Waals surface area contributed by atoms with Gasteiger partial charge in [0, 0.05) is 19.3 Å². The van der Waals surface area contributed by atoms with Crippen molar-refractivity contribution in [2.45, 2.75) is 6.54 Å². The van der Waals surface area contributed by atoms with Crippen molar-refractivity contribution in [1.29, 1.82) is 0 Å². The van der Waals surface area contributed by atoms with E-state index in [1.165, 1.54) is 12.1 Å². The van der Waals surface area contributed by atoms with Gasteiger partial charge in [-0.1, -0.05) is 0 Å². The van der Waals surface area contributed by atoms with Crippen LogP contribution in [0, 0.1) is 5.82 Å². The molecule has 2 rings (SSSR count). The molecule has 0 spiro atoms. The molecule has 4 nitrogen and oxygen atoms in total. The average molecular weight is 232 g/mol. The summed E-state index contributed by atoms with van der Waals surface area (Å²) in [4.78, 5) is 10.2. The molecular formula is C12H13FN4. The molecule has 0 aliphatic heterocycles. The molecule has 0 bridgehead atoms. The molecule has 1 heterocycles. The van der Waals surface area contributed by atoms with Gasteiger partial charge in [0.25, 0.3) is 0 Å². The van der Waals surface area contributed by atoms with Crippen LogP contribution in [0.3, 0.4) is 0 Å². The predicted octanol–water partition coefficient (Wildman–Crippen LogP) is 1.84. The first-order chi connectivity index (χ1) is 8.20. The topological polar surface area (TPSA) is 55.0 Å². The van der Waals surface area contributed by atoms with Crippen molar-refractivity contribution < 1.29 is 4.39 Å². The number of hydrogen-bond donors (Lipinski definition) is 1. The standard InChI is InChI=1S/C12H13FN4/c1-17(11-4-2-9(13)3-5-11)12-8-15-10(6-14)7-16-12/h2-5,7-8H,6,14H2,1H3. The van der Waals surface area contributed by atoms with Crippen molar-refractivity contribution in [3.05, 3.63) is 48.2 Å². The summed E-state index contributed by atoms with van der Waals surface area (Å²) in [6, 6.07) is 6.20. The maximum atomic E-state index is 12.8. The highest BCUT2D eigenvalue weighted by atomic mass is 19.1. The van der Waals surface area contributed by atoms with Crippen LogP contribution in [0.5, 0.6) is 0 Å². The molecule has 0 radical (unpaired) electrons. The highest BCUT2D eigenvalue weighted by molar-refractivity contribution is 5.57. The molecule has 2 N–H and O–H groups in total. The predicted molar refractivity (Wildman–Crippen MR) is 64.4 cm³/mol. The zero-order chi connectivity index (χ0) is 12.3. The Labute approximate surface area is 98.9 Å². The van der Waals surface area contributed by atoms with Crippen molar-refractivity contribution in [3.8, 4) is 0 Å². The summed E-state index contributed by atoms with van der Waals surface area (Å²) in [6.45, 7) is 0.369. The lowest BCUT2D eigenvalue weighted by Gasteiger charge is -2.17. The Balaban J connectivity index is 2.23. The van der Waals surface area contributed by atoms with Gasteiger partial charge in [0.2, 0.25) is 0 Å². The third kappa shape index (κ3) is 2.57. The first-order valence-corrected chi connectivity index (χ1v) is 5.21. The van der Waals surface area contributed by atoms with Gasteiger partial charge >= 0.3 is 0 Å². The maximum absolute atomic E-state index is 12.8. The van der Waals surface area contributed by atoms with Crippen LogP contribution in [0.4, 0.5) is 15.9 Å². The molecule has 0 amide bonds. The van der Waals surface area contributed by atoms with E-state index in [1.54, 1.807) is 24.5 Å². The SMILES string of the molecule is CN(c1ccc(F)cc1)c1cnc(CN)cn1. The third-order valence-corrected chi connectivity index (χ3v) is 2.46. The Morgan fingerprint density at radius 3 is 2.41 bits per heavy atom. The maximum Gasteiger partial charge on any atom is 0.151 e. The van der Waals surface area contributed by atoms with E-state index < -0.39 is 0 Å². The molecule has 5 heteroatoms. The lowest BCUT2D eigenvalue weighted by molar-refractivity contribution is 0.628. The Hall–Kier alpha value is -2.01. The second-order valence-corrected chi connectivity index (χ2v) is 3.61. The molecule has 0 aliphatic carbocycles. The number of rotatable bonds is 3. The van der Waals surface area contributed by atoms with Gasteiger partial charge in [0.1, 0.15) is 5.82 Å². The van der Waals surface area contributed by atoms with E-state index in [4.69, 9.17) is 5.73 Å². The van der Waals surface area contributed by atoms with Crippen molar-refractivity contribution in [1.82, 2.24) is 9.97 Å².